The maximum Gasteiger partial charge on any atom is 0.350 e. The van der Waals surface area contributed by atoms with Crippen LogP contribution in [0.25, 0.3) is 0 Å². The smallest absolute Gasteiger partial charge is 0.350 e. The highest BCUT2D eigenvalue weighted by molar-refractivity contribution is 14.0. The largest absolute Gasteiger partial charge is 0.462 e. The number of hydrogen-bond donors (Lipinski definition) is 2. The number of esters is 1. The molecule has 30 heavy (non-hydrogen) atoms. The third kappa shape index (κ3) is 7.08. The van der Waals surface area contributed by atoms with E-state index in [1.54, 1.807) is 13.1 Å². The third-order valence-electron chi connectivity index (χ3n) is 4.04. The average Bonchev–Trinajstić information content (AvgIpc) is 3.08. The number of pyridine rings is 1. The van der Waals surface area contributed by atoms with Gasteiger partial charge in [0.25, 0.3) is 0 Å². The lowest BCUT2D eigenvalue weighted by atomic mass is 10.2. The zero-order valence-corrected chi connectivity index (χ0v) is 21.5. The van der Waals surface area contributed by atoms with Crippen LogP contribution in [0.2, 0.25) is 0 Å². The quantitative estimate of drug-likeness (QED) is 0.227. The number of aryl methyl sites for hydroxylation is 1. The Morgan fingerprint density at radius 1 is 1.37 bits per heavy atom. The first-order chi connectivity index (χ1) is 13.9. The molecule has 166 valence electrons. The first-order valence-corrected chi connectivity index (χ1v) is 10.5. The van der Waals surface area contributed by atoms with Crippen molar-refractivity contribution in [1.29, 1.82) is 0 Å². The average molecular weight is 546 g/mol. The number of nitrogens with one attached hydrogen (secondary N) is 2. The molecule has 8 nitrogen and oxygen atoms in total. The van der Waals surface area contributed by atoms with E-state index in [0.717, 1.165) is 22.9 Å². The highest BCUT2D eigenvalue weighted by atomic mass is 127. The lowest BCUT2D eigenvalue weighted by Gasteiger charge is -2.17. The Balaban J connectivity index is 0.00000450. The van der Waals surface area contributed by atoms with E-state index in [9.17, 15) is 4.79 Å². The molecule has 2 aromatic rings. The zero-order valence-electron chi connectivity index (χ0n) is 18.4. The van der Waals surface area contributed by atoms with Crippen molar-refractivity contribution in [3.8, 4) is 0 Å². The summed E-state index contributed by atoms with van der Waals surface area (Å²) in [6.45, 7) is 9.20. The van der Waals surface area contributed by atoms with Gasteiger partial charge in [-0.3, -0.25) is 0 Å². The molecule has 1 unspecified atom stereocenters. The molecule has 2 rings (SSSR count). The van der Waals surface area contributed by atoms with Crippen molar-refractivity contribution < 1.29 is 9.53 Å². The van der Waals surface area contributed by atoms with Gasteiger partial charge in [-0.2, -0.15) is 0 Å². The van der Waals surface area contributed by atoms with Gasteiger partial charge < -0.3 is 20.3 Å². The highest BCUT2D eigenvalue weighted by Gasteiger charge is 2.20. The number of aromatic nitrogens is 2. The molecule has 0 aliphatic rings. The summed E-state index contributed by atoms with van der Waals surface area (Å²) < 4.78 is 5.10. The molecule has 0 aliphatic carbocycles. The van der Waals surface area contributed by atoms with E-state index in [-0.39, 0.29) is 36.0 Å². The van der Waals surface area contributed by atoms with E-state index in [1.165, 1.54) is 11.3 Å². The van der Waals surface area contributed by atoms with Crippen LogP contribution in [0, 0.1) is 6.92 Å². The predicted octanol–water partition coefficient (Wildman–Crippen LogP) is 3.52. The van der Waals surface area contributed by atoms with Crippen LogP contribution in [0.15, 0.2) is 23.3 Å². The minimum Gasteiger partial charge on any atom is -0.462 e. The normalized spacial score (nSPS) is 12.0. The molecule has 0 spiro atoms. The van der Waals surface area contributed by atoms with E-state index in [0.29, 0.717) is 29.7 Å². The second kappa shape index (κ2) is 12.7. The first-order valence-electron chi connectivity index (χ1n) is 9.67. The van der Waals surface area contributed by atoms with Crippen molar-refractivity contribution in [2.24, 2.45) is 4.99 Å². The second-order valence-electron chi connectivity index (χ2n) is 6.63. The summed E-state index contributed by atoms with van der Waals surface area (Å²) in [5.41, 5.74) is 1.72. The maximum absolute atomic E-state index is 12.1. The van der Waals surface area contributed by atoms with Gasteiger partial charge >= 0.3 is 5.97 Å². The van der Waals surface area contributed by atoms with Crippen molar-refractivity contribution >= 4 is 53.1 Å². The Morgan fingerprint density at radius 3 is 2.73 bits per heavy atom. The van der Waals surface area contributed by atoms with E-state index in [1.807, 2.05) is 51.9 Å². The molecule has 0 aliphatic heterocycles. The number of hydrogen-bond acceptors (Lipinski definition) is 7. The number of guanidine groups is 1. The number of nitrogens with zero attached hydrogens (tertiary/aromatic N) is 4. The molecule has 10 heteroatoms. The van der Waals surface area contributed by atoms with Crippen molar-refractivity contribution in [2.75, 3.05) is 32.1 Å². The molecule has 1 atom stereocenters. The number of thiazole rings is 1. The maximum atomic E-state index is 12.1. The number of ether oxygens (including phenoxy) is 1. The van der Waals surface area contributed by atoms with Crippen molar-refractivity contribution in [3.63, 3.8) is 0 Å². The van der Waals surface area contributed by atoms with Crippen LogP contribution in [-0.2, 0) is 11.3 Å². The summed E-state index contributed by atoms with van der Waals surface area (Å²) in [5.74, 6) is 1.25. The van der Waals surface area contributed by atoms with Crippen molar-refractivity contribution in [3.05, 3.63) is 39.5 Å². The Kier molecular flexibility index (Phi) is 11.0. The van der Waals surface area contributed by atoms with Gasteiger partial charge in [0.1, 0.15) is 15.7 Å². The van der Waals surface area contributed by atoms with E-state index < -0.39 is 0 Å². The molecule has 0 bridgehead atoms. The topological polar surface area (TPSA) is 91.7 Å². The fraction of sp³-hybridized carbons (Fsp3) is 0.500. The molecule has 2 heterocycles. The van der Waals surface area contributed by atoms with Crippen LogP contribution in [0.3, 0.4) is 0 Å². The highest BCUT2D eigenvalue weighted by Crippen LogP contribution is 2.24. The molecule has 0 radical (unpaired) electrons. The molecular weight excluding hydrogens is 515 g/mol. The molecule has 2 aromatic heterocycles. The van der Waals surface area contributed by atoms with Crippen molar-refractivity contribution in [1.82, 2.24) is 20.6 Å². The zero-order chi connectivity index (χ0) is 21.4. The number of rotatable bonds is 8. The predicted molar refractivity (Wildman–Crippen MR) is 133 cm³/mol. The van der Waals surface area contributed by atoms with Gasteiger partial charge in [0.15, 0.2) is 5.96 Å². The van der Waals surface area contributed by atoms with Crippen LogP contribution < -0.4 is 15.5 Å². The number of carbonyl (C=O) groups excluding carboxylic acids is 1. The summed E-state index contributed by atoms with van der Waals surface area (Å²) in [6, 6.07) is 3.83. The molecule has 2 N–H and O–H groups in total. The lowest BCUT2D eigenvalue weighted by Crippen LogP contribution is -2.38. The number of halogens is 1. The Labute approximate surface area is 199 Å². The van der Waals surface area contributed by atoms with Crippen LogP contribution >= 0.6 is 35.3 Å². The first kappa shape index (κ1) is 26.1. The van der Waals surface area contributed by atoms with Crippen LogP contribution in [0.1, 0.15) is 52.7 Å². The van der Waals surface area contributed by atoms with Gasteiger partial charge in [0, 0.05) is 32.4 Å². The summed E-state index contributed by atoms with van der Waals surface area (Å²) in [5, 5.41) is 7.43. The van der Waals surface area contributed by atoms with Gasteiger partial charge in [-0.05, 0) is 33.8 Å². The van der Waals surface area contributed by atoms with Crippen molar-refractivity contribution in [2.45, 2.75) is 40.3 Å². The second-order valence-corrected chi connectivity index (χ2v) is 7.66. The Hall–Kier alpha value is -1.95. The number of carbonyl (C=O) groups is 1. The Bertz CT molecular complexity index is 856. The number of aliphatic imine (C=N–C) groups is 1. The van der Waals surface area contributed by atoms with Gasteiger partial charge in [0.05, 0.1) is 24.9 Å². The SMILES string of the molecule is CCNC(=NCc1cccnc1N(C)C)NC(C)c1nc(C)c(C(=O)OCC)s1.I. The van der Waals surface area contributed by atoms with Crippen LogP contribution in [0.5, 0.6) is 0 Å². The van der Waals surface area contributed by atoms with Gasteiger partial charge in [-0.15, -0.1) is 35.3 Å². The molecule has 0 fully saturated rings. The summed E-state index contributed by atoms with van der Waals surface area (Å²) >= 11 is 1.35. The monoisotopic (exact) mass is 546 g/mol. The molecule has 0 amide bonds. The molecular formula is C20H31IN6O2S. The lowest BCUT2D eigenvalue weighted by molar-refractivity contribution is 0.0531. The van der Waals surface area contributed by atoms with E-state index in [2.05, 4.69) is 20.6 Å². The van der Waals surface area contributed by atoms with Crippen LogP contribution in [-0.4, -0.2) is 49.1 Å². The molecule has 0 saturated heterocycles. The minimum atomic E-state index is -0.325. The summed E-state index contributed by atoms with van der Waals surface area (Å²) in [6.07, 6.45) is 1.78. The Morgan fingerprint density at radius 2 is 2.10 bits per heavy atom. The summed E-state index contributed by atoms with van der Waals surface area (Å²) in [7, 11) is 3.93. The number of anilines is 1. The molecule has 0 saturated carbocycles. The fourth-order valence-electron chi connectivity index (χ4n) is 2.70. The third-order valence-corrected chi connectivity index (χ3v) is 5.36. The standard InChI is InChI=1S/C20H30N6O2S.HI/c1-7-21-20(23-12-15-10-9-11-22-17(15)26(5)6)25-14(4)18-24-13(3)16(29-18)19(27)28-8-2;/h9-11,14H,7-8,12H2,1-6H3,(H2,21,23,25);1H. The minimum absolute atomic E-state index is 0. The van der Waals surface area contributed by atoms with Gasteiger partial charge in [-0.25, -0.2) is 19.8 Å². The van der Waals surface area contributed by atoms with Gasteiger partial charge in [0.2, 0.25) is 0 Å². The molecule has 0 aromatic carbocycles. The van der Waals surface area contributed by atoms with E-state index >= 15 is 0 Å². The van der Waals surface area contributed by atoms with E-state index in [4.69, 9.17) is 9.73 Å². The summed E-state index contributed by atoms with van der Waals surface area (Å²) in [4.78, 5) is 28.2. The van der Waals surface area contributed by atoms with Gasteiger partial charge in [-0.1, -0.05) is 6.07 Å². The van der Waals surface area contributed by atoms with Crippen LogP contribution in [0.4, 0.5) is 5.82 Å². The fourth-order valence-corrected chi connectivity index (χ4v) is 3.66.